The Balaban J connectivity index is 1.11. The topological polar surface area (TPSA) is 53.1 Å². The lowest BCUT2D eigenvalue weighted by Gasteiger charge is -2.34. The van der Waals surface area contributed by atoms with Crippen molar-refractivity contribution in [1.82, 2.24) is 14.7 Å². The summed E-state index contributed by atoms with van der Waals surface area (Å²) in [6.07, 6.45) is 2.99. The first-order valence-electron chi connectivity index (χ1n) is 11.2. The third-order valence-corrected chi connectivity index (χ3v) is 6.26. The van der Waals surface area contributed by atoms with Crippen LogP contribution in [-0.2, 0) is 6.54 Å². The van der Waals surface area contributed by atoms with Crippen molar-refractivity contribution in [3.63, 3.8) is 0 Å². The van der Waals surface area contributed by atoms with Gasteiger partial charge in [-0.1, -0.05) is 30.7 Å². The third kappa shape index (κ3) is 5.14. The molecule has 1 fully saturated rings. The van der Waals surface area contributed by atoms with E-state index in [4.69, 9.17) is 4.74 Å². The second kappa shape index (κ2) is 10.1. The van der Waals surface area contributed by atoms with E-state index >= 15 is 0 Å². The normalized spacial score (nSPS) is 17.3. The van der Waals surface area contributed by atoms with Gasteiger partial charge in [-0.3, -0.25) is 19.4 Å². The van der Waals surface area contributed by atoms with Gasteiger partial charge in [-0.2, -0.15) is 0 Å². The first kappa shape index (κ1) is 21.5. The van der Waals surface area contributed by atoms with Crippen LogP contribution in [0, 0.1) is 0 Å². The number of nitrogens with zero attached hydrogens (tertiary/aromatic N) is 3. The van der Waals surface area contributed by atoms with Gasteiger partial charge in [0.1, 0.15) is 5.75 Å². The van der Waals surface area contributed by atoms with E-state index in [0.717, 1.165) is 64.3 Å². The van der Waals surface area contributed by atoms with Crippen molar-refractivity contribution >= 4 is 11.8 Å². The summed E-state index contributed by atoms with van der Waals surface area (Å²) >= 11 is 0. The van der Waals surface area contributed by atoms with Gasteiger partial charge in [0.05, 0.1) is 18.2 Å². The quantitative estimate of drug-likeness (QED) is 0.459. The molecule has 0 aromatic heterocycles. The van der Waals surface area contributed by atoms with Crippen molar-refractivity contribution in [2.75, 3.05) is 46.4 Å². The van der Waals surface area contributed by atoms with E-state index in [2.05, 4.69) is 21.9 Å². The number of unbranched alkanes of at least 4 members (excludes halogenated alkanes) is 2. The Hall–Kier alpha value is -2.70. The molecule has 6 nitrogen and oxygen atoms in total. The standard InChI is InChI=1S/C25H31N3O3/c1-31-21-11-9-20(10-12-21)19-27-17-15-26(16-18-27)13-5-2-6-14-28-24(29)22-7-3-4-8-23(22)25(28)30/h3-4,7-12H,2,5-6,13-19H2,1H3. The molecule has 0 saturated carbocycles. The Bertz CT molecular complexity index is 869. The molecular formula is C25H31N3O3. The number of carbonyl (C=O) groups is 2. The lowest BCUT2D eigenvalue weighted by atomic mass is 10.1. The predicted molar refractivity (Wildman–Crippen MR) is 120 cm³/mol. The third-order valence-electron chi connectivity index (χ3n) is 6.26. The van der Waals surface area contributed by atoms with Crippen molar-refractivity contribution in [2.45, 2.75) is 25.8 Å². The summed E-state index contributed by atoms with van der Waals surface area (Å²) in [4.78, 5) is 31.2. The Morgan fingerprint density at radius 1 is 0.742 bits per heavy atom. The second-order valence-electron chi connectivity index (χ2n) is 8.33. The predicted octanol–water partition coefficient (Wildman–Crippen LogP) is 3.28. The Morgan fingerprint density at radius 3 is 1.94 bits per heavy atom. The molecule has 6 heteroatoms. The second-order valence-corrected chi connectivity index (χ2v) is 8.33. The van der Waals surface area contributed by atoms with E-state index < -0.39 is 0 Å². The number of hydrogen-bond donors (Lipinski definition) is 0. The van der Waals surface area contributed by atoms with Crippen molar-refractivity contribution in [3.8, 4) is 5.75 Å². The molecule has 4 rings (SSSR count). The Labute approximate surface area is 184 Å². The van der Waals surface area contributed by atoms with Crippen LogP contribution >= 0.6 is 0 Å². The van der Waals surface area contributed by atoms with E-state index in [-0.39, 0.29) is 11.8 Å². The maximum Gasteiger partial charge on any atom is 0.261 e. The summed E-state index contributed by atoms with van der Waals surface area (Å²) in [5, 5.41) is 0. The fourth-order valence-electron chi connectivity index (χ4n) is 4.38. The highest BCUT2D eigenvalue weighted by molar-refractivity contribution is 6.21. The number of hydrogen-bond acceptors (Lipinski definition) is 5. The highest BCUT2D eigenvalue weighted by atomic mass is 16.5. The van der Waals surface area contributed by atoms with E-state index in [1.165, 1.54) is 10.5 Å². The summed E-state index contributed by atoms with van der Waals surface area (Å²) in [5.74, 6) is 0.610. The monoisotopic (exact) mass is 421 g/mol. The molecule has 31 heavy (non-hydrogen) atoms. The van der Waals surface area contributed by atoms with Crippen LogP contribution in [0.4, 0.5) is 0 Å². The molecule has 2 aliphatic rings. The van der Waals surface area contributed by atoms with Gasteiger partial charge in [-0.15, -0.1) is 0 Å². The molecular weight excluding hydrogens is 390 g/mol. The van der Waals surface area contributed by atoms with Crippen molar-refractivity contribution in [2.24, 2.45) is 0 Å². The molecule has 0 radical (unpaired) electrons. The number of amides is 2. The fraction of sp³-hybridized carbons (Fsp3) is 0.440. The molecule has 0 spiro atoms. The first-order valence-corrected chi connectivity index (χ1v) is 11.2. The van der Waals surface area contributed by atoms with Gasteiger partial charge in [0, 0.05) is 39.3 Å². The minimum absolute atomic E-state index is 0.145. The average molecular weight is 422 g/mol. The minimum Gasteiger partial charge on any atom is -0.497 e. The summed E-state index contributed by atoms with van der Waals surface area (Å²) < 4.78 is 5.23. The maximum absolute atomic E-state index is 12.4. The van der Waals surface area contributed by atoms with E-state index in [1.807, 2.05) is 24.3 Å². The van der Waals surface area contributed by atoms with Crippen LogP contribution in [0.2, 0.25) is 0 Å². The van der Waals surface area contributed by atoms with Gasteiger partial charge in [0.2, 0.25) is 0 Å². The zero-order valence-corrected chi connectivity index (χ0v) is 18.3. The molecule has 164 valence electrons. The highest BCUT2D eigenvalue weighted by Crippen LogP contribution is 2.23. The zero-order chi connectivity index (χ0) is 21.6. The van der Waals surface area contributed by atoms with Crippen molar-refractivity contribution < 1.29 is 14.3 Å². The molecule has 0 atom stereocenters. The van der Waals surface area contributed by atoms with Crippen LogP contribution in [0.3, 0.4) is 0 Å². The number of benzene rings is 2. The van der Waals surface area contributed by atoms with Gasteiger partial charge < -0.3 is 9.64 Å². The maximum atomic E-state index is 12.4. The van der Waals surface area contributed by atoms with Crippen LogP contribution in [0.15, 0.2) is 48.5 Å². The molecule has 2 aliphatic heterocycles. The zero-order valence-electron chi connectivity index (χ0n) is 18.3. The Morgan fingerprint density at radius 2 is 1.32 bits per heavy atom. The summed E-state index contributed by atoms with van der Waals surface area (Å²) in [6.45, 7) is 6.93. The number of rotatable bonds is 9. The number of methoxy groups -OCH3 is 1. The van der Waals surface area contributed by atoms with Gasteiger partial charge in [0.25, 0.3) is 11.8 Å². The van der Waals surface area contributed by atoms with Crippen LogP contribution in [-0.4, -0.2) is 72.9 Å². The molecule has 2 aromatic carbocycles. The smallest absolute Gasteiger partial charge is 0.261 e. The largest absolute Gasteiger partial charge is 0.497 e. The van der Waals surface area contributed by atoms with E-state index in [1.54, 1.807) is 19.2 Å². The number of fused-ring (bicyclic) bond motifs is 1. The summed E-state index contributed by atoms with van der Waals surface area (Å²) in [5.41, 5.74) is 2.41. The number of carbonyl (C=O) groups excluding carboxylic acids is 2. The number of imide groups is 1. The average Bonchev–Trinajstić information content (AvgIpc) is 3.05. The Kier molecular flexibility index (Phi) is 6.99. The molecule has 2 heterocycles. The highest BCUT2D eigenvalue weighted by Gasteiger charge is 2.34. The van der Waals surface area contributed by atoms with Crippen LogP contribution in [0.5, 0.6) is 5.75 Å². The summed E-state index contributed by atoms with van der Waals surface area (Å²) in [7, 11) is 1.69. The van der Waals surface area contributed by atoms with Gasteiger partial charge in [-0.05, 0) is 49.2 Å². The summed E-state index contributed by atoms with van der Waals surface area (Å²) in [6, 6.07) is 15.4. The van der Waals surface area contributed by atoms with Crippen LogP contribution in [0.25, 0.3) is 0 Å². The fourth-order valence-corrected chi connectivity index (χ4v) is 4.38. The molecule has 2 aromatic rings. The van der Waals surface area contributed by atoms with Crippen LogP contribution in [0.1, 0.15) is 45.5 Å². The van der Waals surface area contributed by atoms with Gasteiger partial charge in [-0.25, -0.2) is 0 Å². The molecule has 1 saturated heterocycles. The molecule has 0 unspecified atom stereocenters. The first-order chi connectivity index (χ1) is 15.2. The molecule has 0 N–H and O–H groups in total. The van der Waals surface area contributed by atoms with Crippen LogP contribution < -0.4 is 4.74 Å². The molecule has 0 aliphatic carbocycles. The number of piperazine rings is 1. The van der Waals surface area contributed by atoms with Gasteiger partial charge in [0.15, 0.2) is 0 Å². The minimum atomic E-state index is -0.145. The van der Waals surface area contributed by atoms with Crippen molar-refractivity contribution in [1.29, 1.82) is 0 Å². The van der Waals surface area contributed by atoms with Crippen molar-refractivity contribution in [3.05, 3.63) is 65.2 Å². The van der Waals surface area contributed by atoms with Gasteiger partial charge >= 0.3 is 0 Å². The molecule has 0 bridgehead atoms. The number of ether oxygens (including phenoxy) is 1. The lowest BCUT2D eigenvalue weighted by molar-refractivity contribution is 0.0650. The van der Waals surface area contributed by atoms with E-state index in [9.17, 15) is 9.59 Å². The molecule has 2 amide bonds. The van der Waals surface area contributed by atoms with E-state index in [0.29, 0.717) is 17.7 Å². The SMILES string of the molecule is COc1ccc(CN2CCN(CCCCCN3C(=O)c4ccccc4C3=O)CC2)cc1. The lowest BCUT2D eigenvalue weighted by Crippen LogP contribution is -2.46.